The van der Waals surface area contributed by atoms with Crippen LogP contribution in [0, 0.1) is 0 Å². The molecule has 2 heterocycles. The van der Waals surface area contributed by atoms with Crippen LogP contribution >= 0.6 is 0 Å². The summed E-state index contributed by atoms with van der Waals surface area (Å²) in [7, 11) is 0. The van der Waals surface area contributed by atoms with E-state index in [1.54, 1.807) is 0 Å². The van der Waals surface area contributed by atoms with Crippen LogP contribution in [-0.4, -0.2) is 32.9 Å². The number of benzene rings is 1. The van der Waals surface area contributed by atoms with E-state index in [-0.39, 0.29) is 5.91 Å². The standard InChI is InChI=1S/C17H22N4O/c1-14(22)19-16-6-4-15(5-7-16)11-21-9-2-3-17(21)12-20-10-8-18-13-20/h4-8,10,13,17H,2-3,9,11-12H2,1H3,(H,19,22). The Balaban J connectivity index is 1.60. The Kier molecular flexibility index (Phi) is 4.53. The second-order valence-electron chi connectivity index (χ2n) is 5.90. The van der Waals surface area contributed by atoms with E-state index in [0.29, 0.717) is 6.04 Å². The van der Waals surface area contributed by atoms with Gasteiger partial charge in [-0.1, -0.05) is 12.1 Å². The molecule has 22 heavy (non-hydrogen) atoms. The van der Waals surface area contributed by atoms with Crippen molar-refractivity contribution in [2.24, 2.45) is 0 Å². The fourth-order valence-corrected chi connectivity index (χ4v) is 3.08. The fourth-order valence-electron chi connectivity index (χ4n) is 3.08. The molecule has 1 saturated heterocycles. The van der Waals surface area contributed by atoms with Gasteiger partial charge in [-0.25, -0.2) is 4.98 Å². The van der Waals surface area contributed by atoms with Gasteiger partial charge in [0.25, 0.3) is 0 Å². The summed E-state index contributed by atoms with van der Waals surface area (Å²) in [6.45, 7) is 4.63. The highest BCUT2D eigenvalue weighted by Crippen LogP contribution is 2.22. The number of hydrogen-bond acceptors (Lipinski definition) is 3. The van der Waals surface area contributed by atoms with Crippen LogP contribution in [-0.2, 0) is 17.9 Å². The lowest BCUT2D eigenvalue weighted by molar-refractivity contribution is -0.114. The normalized spacial score (nSPS) is 18.5. The van der Waals surface area contributed by atoms with E-state index >= 15 is 0 Å². The second kappa shape index (κ2) is 6.75. The quantitative estimate of drug-likeness (QED) is 0.922. The van der Waals surface area contributed by atoms with Gasteiger partial charge in [0.1, 0.15) is 0 Å². The Bertz CT molecular complexity index is 606. The predicted molar refractivity (Wildman–Crippen MR) is 86.4 cm³/mol. The Morgan fingerprint density at radius 3 is 2.86 bits per heavy atom. The smallest absolute Gasteiger partial charge is 0.221 e. The highest BCUT2D eigenvalue weighted by molar-refractivity contribution is 5.88. The van der Waals surface area contributed by atoms with E-state index in [4.69, 9.17) is 0 Å². The summed E-state index contributed by atoms with van der Waals surface area (Å²) in [6, 6.07) is 8.70. The largest absolute Gasteiger partial charge is 0.336 e. The van der Waals surface area contributed by atoms with Gasteiger partial charge in [0.05, 0.1) is 6.33 Å². The number of rotatable bonds is 5. The Morgan fingerprint density at radius 2 is 2.18 bits per heavy atom. The van der Waals surface area contributed by atoms with Gasteiger partial charge in [-0.15, -0.1) is 0 Å². The van der Waals surface area contributed by atoms with E-state index in [0.717, 1.165) is 25.3 Å². The molecule has 1 aliphatic rings. The van der Waals surface area contributed by atoms with E-state index in [2.05, 4.69) is 31.9 Å². The number of nitrogens with zero attached hydrogens (tertiary/aromatic N) is 3. The summed E-state index contributed by atoms with van der Waals surface area (Å²) in [5.74, 6) is -0.0345. The zero-order valence-corrected chi connectivity index (χ0v) is 12.9. The van der Waals surface area contributed by atoms with Crippen molar-refractivity contribution in [3.63, 3.8) is 0 Å². The van der Waals surface area contributed by atoms with E-state index in [9.17, 15) is 4.79 Å². The first-order chi connectivity index (χ1) is 10.7. The zero-order chi connectivity index (χ0) is 15.4. The molecule has 1 N–H and O–H groups in total. The molecule has 1 aromatic carbocycles. The lowest BCUT2D eigenvalue weighted by Gasteiger charge is -2.25. The van der Waals surface area contributed by atoms with Crippen LogP contribution in [0.25, 0.3) is 0 Å². The molecule has 1 fully saturated rings. The number of anilines is 1. The molecule has 1 unspecified atom stereocenters. The molecule has 5 heteroatoms. The van der Waals surface area contributed by atoms with Crippen molar-refractivity contribution in [3.8, 4) is 0 Å². The SMILES string of the molecule is CC(=O)Nc1ccc(CN2CCCC2Cn2ccnc2)cc1. The van der Waals surface area contributed by atoms with Gasteiger partial charge >= 0.3 is 0 Å². The number of aromatic nitrogens is 2. The number of nitrogens with one attached hydrogen (secondary N) is 1. The summed E-state index contributed by atoms with van der Waals surface area (Å²) in [6.07, 6.45) is 8.24. The van der Waals surface area contributed by atoms with Crippen molar-refractivity contribution in [1.82, 2.24) is 14.5 Å². The Morgan fingerprint density at radius 1 is 1.36 bits per heavy atom. The van der Waals surface area contributed by atoms with Gasteiger partial charge in [-0.2, -0.15) is 0 Å². The van der Waals surface area contributed by atoms with E-state index in [1.807, 2.05) is 30.9 Å². The molecule has 0 bridgehead atoms. The molecule has 1 amide bonds. The van der Waals surface area contributed by atoms with Gasteiger partial charge in [0.15, 0.2) is 0 Å². The second-order valence-corrected chi connectivity index (χ2v) is 5.90. The molecule has 0 radical (unpaired) electrons. The van der Waals surface area contributed by atoms with Crippen LogP contribution in [0.5, 0.6) is 0 Å². The Labute approximate surface area is 131 Å². The lowest BCUT2D eigenvalue weighted by Crippen LogP contribution is -2.32. The van der Waals surface area contributed by atoms with Crippen LogP contribution in [0.2, 0.25) is 0 Å². The van der Waals surface area contributed by atoms with Crippen LogP contribution in [0.15, 0.2) is 43.0 Å². The minimum absolute atomic E-state index is 0.0345. The molecule has 2 aromatic rings. The number of likely N-dealkylation sites (tertiary alicyclic amines) is 1. The number of imidazole rings is 1. The maximum absolute atomic E-state index is 11.0. The molecule has 1 aromatic heterocycles. The minimum atomic E-state index is -0.0345. The summed E-state index contributed by atoms with van der Waals surface area (Å²) in [4.78, 5) is 17.7. The fraction of sp³-hybridized carbons (Fsp3) is 0.412. The average molecular weight is 298 g/mol. The molecule has 5 nitrogen and oxygen atoms in total. The molecule has 0 aliphatic carbocycles. The summed E-state index contributed by atoms with van der Waals surface area (Å²) >= 11 is 0. The van der Waals surface area contributed by atoms with Crippen molar-refractivity contribution < 1.29 is 4.79 Å². The zero-order valence-electron chi connectivity index (χ0n) is 12.9. The number of carbonyl (C=O) groups excluding carboxylic acids is 1. The molecule has 0 spiro atoms. The minimum Gasteiger partial charge on any atom is -0.336 e. The highest BCUT2D eigenvalue weighted by atomic mass is 16.1. The Hall–Kier alpha value is -2.14. The first-order valence-electron chi connectivity index (χ1n) is 7.77. The number of amides is 1. The van der Waals surface area contributed by atoms with E-state index in [1.165, 1.54) is 25.3 Å². The van der Waals surface area contributed by atoms with E-state index < -0.39 is 0 Å². The summed E-state index contributed by atoms with van der Waals surface area (Å²) in [5.41, 5.74) is 2.14. The average Bonchev–Trinajstić information content (AvgIpc) is 3.14. The van der Waals surface area contributed by atoms with Crippen molar-refractivity contribution >= 4 is 11.6 Å². The first kappa shape index (κ1) is 14.8. The maximum Gasteiger partial charge on any atom is 0.221 e. The molecule has 3 rings (SSSR count). The molecule has 116 valence electrons. The first-order valence-corrected chi connectivity index (χ1v) is 7.77. The molecular formula is C17H22N4O. The third-order valence-corrected chi connectivity index (χ3v) is 4.14. The lowest BCUT2D eigenvalue weighted by atomic mass is 10.1. The molecular weight excluding hydrogens is 276 g/mol. The molecule has 1 aliphatic heterocycles. The highest BCUT2D eigenvalue weighted by Gasteiger charge is 2.24. The van der Waals surface area contributed by atoms with Gasteiger partial charge in [-0.3, -0.25) is 9.69 Å². The third-order valence-electron chi connectivity index (χ3n) is 4.14. The van der Waals surface area contributed by atoms with Gasteiger partial charge < -0.3 is 9.88 Å². The molecule has 0 saturated carbocycles. The monoisotopic (exact) mass is 298 g/mol. The van der Waals surface area contributed by atoms with Crippen molar-refractivity contribution in [1.29, 1.82) is 0 Å². The summed E-state index contributed by atoms with van der Waals surface area (Å²) < 4.78 is 2.16. The van der Waals surface area contributed by atoms with Crippen LogP contribution in [0.4, 0.5) is 5.69 Å². The van der Waals surface area contributed by atoms with Gasteiger partial charge in [0, 0.05) is 44.1 Å². The molecule has 1 atom stereocenters. The van der Waals surface area contributed by atoms with Crippen LogP contribution < -0.4 is 5.32 Å². The maximum atomic E-state index is 11.0. The van der Waals surface area contributed by atoms with Crippen LogP contribution in [0.3, 0.4) is 0 Å². The summed E-state index contributed by atoms with van der Waals surface area (Å²) in [5, 5.41) is 2.80. The topological polar surface area (TPSA) is 50.2 Å². The predicted octanol–water partition coefficient (Wildman–Crippen LogP) is 2.51. The van der Waals surface area contributed by atoms with Crippen LogP contribution in [0.1, 0.15) is 25.3 Å². The number of carbonyl (C=O) groups is 1. The van der Waals surface area contributed by atoms with Crippen molar-refractivity contribution in [2.45, 2.75) is 38.9 Å². The number of hydrogen-bond donors (Lipinski definition) is 1. The third kappa shape index (κ3) is 3.74. The van der Waals surface area contributed by atoms with Gasteiger partial charge in [0.2, 0.25) is 5.91 Å². The van der Waals surface area contributed by atoms with Crippen molar-refractivity contribution in [3.05, 3.63) is 48.5 Å². The van der Waals surface area contributed by atoms with Crippen molar-refractivity contribution in [2.75, 3.05) is 11.9 Å². The van der Waals surface area contributed by atoms with Gasteiger partial charge in [-0.05, 0) is 37.1 Å².